The van der Waals surface area contributed by atoms with E-state index < -0.39 is 0 Å². The number of phenols is 1. The molecule has 2 heteroatoms. The van der Waals surface area contributed by atoms with E-state index >= 15 is 0 Å². The van der Waals surface area contributed by atoms with Gasteiger partial charge in [-0.05, 0) is 28.9 Å². The Morgan fingerprint density at radius 1 is 1.00 bits per heavy atom. The van der Waals surface area contributed by atoms with Crippen molar-refractivity contribution in [1.82, 2.24) is 0 Å². The number of phenolic OH excluding ortho intramolecular Hbond substituents is 1. The van der Waals surface area contributed by atoms with E-state index in [1.54, 1.807) is 0 Å². The minimum Gasteiger partial charge on any atom is -0.507 e. The number of hydrogen-bond donors (Lipinski definition) is 2. The normalized spacial score (nSPS) is 14.7. The molecule has 0 aromatic heterocycles. The Morgan fingerprint density at radius 2 is 1.50 bits per heavy atom. The Balaban J connectivity index is 3.58. The molecule has 0 radical (unpaired) electrons. The molecule has 0 saturated carbocycles. The van der Waals surface area contributed by atoms with Crippen molar-refractivity contribution in [3.05, 3.63) is 28.8 Å². The molecule has 1 aromatic rings. The predicted molar refractivity (Wildman–Crippen MR) is 78.1 cm³/mol. The molecule has 0 unspecified atom stereocenters. The van der Waals surface area contributed by atoms with Gasteiger partial charge >= 0.3 is 0 Å². The van der Waals surface area contributed by atoms with Crippen LogP contribution in [0.3, 0.4) is 0 Å². The van der Waals surface area contributed by atoms with E-state index in [1.807, 2.05) is 13.0 Å². The van der Waals surface area contributed by atoms with Crippen LogP contribution in [0.1, 0.15) is 71.2 Å². The lowest BCUT2D eigenvalue weighted by Crippen LogP contribution is -2.19. The van der Waals surface area contributed by atoms with Gasteiger partial charge in [-0.1, -0.05) is 53.7 Å². The van der Waals surface area contributed by atoms with E-state index in [0.29, 0.717) is 5.75 Å². The highest BCUT2D eigenvalue weighted by Crippen LogP contribution is 2.39. The maximum Gasteiger partial charge on any atom is 0.124 e. The van der Waals surface area contributed by atoms with Crippen LogP contribution in [0.5, 0.6) is 5.75 Å². The topological polar surface area (TPSA) is 46.2 Å². The van der Waals surface area contributed by atoms with Crippen molar-refractivity contribution in [3.8, 4) is 5.75 Å². The molecule has 102 valence electrons. The molecule has 0 aliphatic heterocycles. The molecule has 1 atom stereocenters. The van der Waals surface area contributed by atoms with Crippen LogP contribution in [0, 0.1) is 0 Å². The highest BCUT2D eigenvalue weighted by atomic mass is 16.3. The van der Waals surface area contributed by atoms with Gasteiger partial charge in [-0.2, -0.15) is 0 Å². The van der Waals surface area contributed by atoms with E-state index in [0.717, 1.165) is 11.1 Å². The smallest absolute Gasteiger partial charge is 0.124 e. The summed E-state index contributed by atoms with van der Waals surface area (Å²) in [7, 11) is 0. The van der Waals surface area contributed by atoms with E-state index in [-0.39, 0.29) is 16.9 Å². The van der Waals surface area contributed by atoms with E-state index in [4.69, 9.17) is 5.73 Å². The van der Waals surface area contributed by atoms with Gasteiger partial charge in [0, 0.05) is 11.6 Å². The largest absolute Gasteiger partial charge is 0.507 e. The van der Waals surface area contributed by atoms with Crippen molar-refractivity contribution in [1.29, 1.82) is 0 Å². The van der Waals surface area contributed by atoms with Crippen LogP contribution in [0.25, 0.3) is 0 Å². The molecular weight excluding hydrogens is 222 g/mol. The van der Waals surface area contributed by atoms with Crippen molar-refractivity contribution < 1.29 is 5.11 Å². The minimum atomic E-state index is -0.159. The lowest BCUT2D eigenvalue weighted by molar-refractivity contribution is 0.434. The van der Waals surface area contributed by atoms with E-state index in [9.17, 15) is 5.11 Å². The number of aromatic hydroxyl groups is 1. The predicted octanol–water partition coefficient (Wildman–Crippen LogP) is 4.01. The molecule has 0 aliphatic carbocycles. The van der Waals surface area contributed by atoms with Gasteiger partial charge in [-0.3, -0.25) is 0 Å². The summed E-state index contributed by atoms with van der Waals surface area (Å²) in [5.74, 6) is 0.352. The summed E-state index contributed by atoms with van der Waals surface area (Å²) in [6.07, 6.45) is 0. The summed E-state index contributed by atoms with van der Waals surface area (Å²) < 4.78 is 0. The summed E-state index contributed by atoms with van der Waals surface area (Å²) in [6, 6.07) is 3.99. The van der Waals surface area contributed by atoms with Crippen LogP contribution in [0.15, 0.2) is 12.1 Å². The molecule has 1 aromatic carbocycles. The van der Waals surface area contributed by atoms with E-state index in [1.165, 1.54) is 5.56 Å². The standard InChI is InChI=1S/C16H27NO/c1-10(17)12-8-11(15(2,3)4)9-13(14(12)18)16(5,6)7/h8-10,18H,17H2,1-7H3/t10-/m0/s1. The first-order valence-corrected chi connectivity index (χ1v) is 6.58. The molecule has 0 bridgehead atoms. The lowest BCUT2D eigenvalue weighted by Gasteiger charge is -2.28. The Kier molecular flexibility index (Phi) is 3.83. The molecule has 0 fully saturated rings. The van der Waals surface area contributed by atoms with Crippen LogP contribution in [-0.4, -0.2) is 5.11 Å². The highest BCUT2D eigenvalue weighted by Gasteiger charge is 2.25. The molecular formula is C16H27NO. The molecule has 18 heavy (non-hydrogen) atoms. The van der Waals surface area contributed by atoms with Crippen LogP contribution in [0.4, 0.5) is 0 Å². The van der Waals surface area contributed by atoms with Gasteiger partial charge in [0.05, 0.1) is 0 Å². The molecule has 1 rings (SSSR count). The molecule has 3 N–H and O–H groups in total. The van der Waals surface area contributed by atoms with Crippen LogP contribution >= 0.6 is 0 Å². The lowest BCUT2D eigenvalue weighted by atomic mass is 9.78. The maximum absolute atomic E-state index is 10.4. The minimum absolute atomic E-state index is 0.0529. The zero-order valence-electron chi connectivity index (χ0n) is 12.8. The quantitative estimate of drug-likeness (QED) is 0.790. The summed E-state index contributed by atoms with van der Waals surface area (Å²) in [4.78, 5) is 0. The molecule has 2 nitrogen and oxygen atoms in total. The average molecular weight is 249 g/mol. The van der Waals surface area contributed by atoms with Crippen molar-refractivity contribution in [2.75, 3.05) is 0 Å². The molecule has 0 heterocycles. The van der Waals surface area contributed by atoms with Crippen LogP contribution < -0.4 is 5.73 Å². The fourth-order valence-electron chi connectivity index (χ4n) is 2.01. The third kappa shape index (κ3) is 3.05. The zero-order chi connectivity index (χ0) is 14.3. The second-order valence-electron chi connectivity index (χ2n) is 7.25. The maximum atomic E-state index is 10.4. The summed E-state index contributed by atoms with van der Waals surface area (Å²) in [5, 5.41) is 10.4. The van der Waals surface area contributed by atoms with Crippen molar-refractivity contribution >= 4 is 0 Å². The second-order valence-corrected chi connectivity index (χ2v) is 7.25. The fraction of sp³-hybridized carbons (Fsp3) is 0.625. The van der Waals surface area contributed by atoms with Crippen molar-refractivity contribution in [2.24, 2.45) is 5.73 Å². The van der Waals surface area contributed by atoms with Gasteiger partial charge in [0.1, 0.15) is 5.75 Å². The van der Waals surface area contributed by atoms with Gasteiger partial charge in [-0.15, -0.1) is 0 Å². The van der Waals surface area contributed by atoms with Gasteiger partial charge in [0.2, 0.25) is 0 Å². The fourth-order valence-corrected chi connectivity index (χ4v) is 2.01. The molecule has 0 amide bonds. The molecule has 0 spiro atoms. The summed E-state index contributed by atoms with van der Waals surface area (Å²) >= 11 is 0. The van der Waals surface area contributed by atoms with Crippen molar-refractivity contribution in [3.63, 3.8) is 0 Å². The third-order valence-corrected chi connectivity index (χ3v) is 3.30. The average Bonchev–Trinajstić information content (AvgIpc) is 2.13. The summed E-state index contributed by atoms with van der Waals surface area (Å²) in [5.41, 5.74) is 8.98. The van der Waals surface area contributed by atoms with Crippen LogP contribution in [-0.2, 0) is 10.8 Å². The van der Waals surface area contributed by atoms with Crippen LogP contribution in [0.2, 0.25) is 0 Å². The first-order chi connectivity index (χ1) is 7.94. The number of hydrogen-bond acceptors (Lipinski definition) is 2. The van der Waals surface area contributed by atoms with Gasteiger partial charge in [0.25, 0.3) is 0 Å². The van der Waals surface area contributed by atoms with Gasteiger partial charge in [0.15, 0.2) is 0 Å². The Labute approximate surface area is 111 Å². The Hall–Kier alpha value is -1.02. The monoisotopic (exact) mass is 249 g/mol. The Bertz CT molecular complexity index is 434. The first kappa shape index (κ1) is 15.0. The highest BCUT2D eigenvalue weighted by molar-refractivity contribution is 5.49. The first-order valence-electron chi connectivity index (χ1n) is 6.58. The second kappa shape index (κ2) is 4.58. The number of benzene rings is 1. The van der Waals surface area contributed by atoms with E-state index in [2.05, 4.69) is 47.6 Å². The Morgan fingerprint density at radius 3 is 1.83 bits per heavy atom. The molecule has 0 aliphatic rings. The van der Waals surface area contributed by atoms with Crippen molar-refractivity contribution in [2.45, 2.75) is 65.3 Å². The van der Waals surface area contributed by atoms with Gasteiger partial charge < -0.3 is 10.8 Å². The SMILES string of the molecule is C[C@H](N)c1cc(C(C)(C)C)cc(C(C)(C)C)c1O. The summed E-state index contributed by atoms with van der Waals surface area (Å²) in [6.45, 7) is 14.8. The molecule has 0 saturated heterocycles. The number of nitrogens with two attached hydrogens (primary N) is 1. The number of rotatable bonds is 1. The third-order valence-electron chi connectivity index (χ3n) is 3.30. The zero-order valence-corrected chi connectivity index (χ0v) is 12.8. The van der Waals surface area contributed by atoms with Gasteiger partial charge in [-0.25, -0.2) is 0 Å².